The fourth-order valence-corrected chi connectivity index (χ4v) is 5.34. The Morgan fingerprint density at radius 1 is 1.09 bits per heavy atom. The zero-order valence-electron chi connectivity index (χ0n) is 19.3. The highest BCUT2D eigenvalue weighted by atomic mass is 19.1. The summed E-state index contributed by atoms with van der Waals surface area (Å²) in [5.74, 6) is -3.80. The number of hydrogen-bond donors (Lipinski definition) is 1. The average Bonchev–Trinajstić information content (AvgIpc) is 2.79. The summed E-state index contributed by atoms with van der Waals surface area (Å²) < 4.78 is 24.5. The number of dihydropyridines is 1. The number of benzene rings is 1. The molecule has 0 bridgehead atoms. The van der Waals surface area contributed by atoms with Gasteiger partial charge in [-0.1, -0.05) is 25.5 Å². The second kappa shape index (κ2) is 9.49. The van der Waals surface area contributed by atoms with Crippen LogP contribution in [-0.2, 0) is 23.9 Å². The van der Waals surface area contributed by atoms with Crippen LogP contribution in [0.2, 0.25) is 0 Å². The second-order valence-corrected chi connectivity index (χ2v) is 9.25. The van der Waals surface area contributed by atoms with E-state index in [-0.39, 0.29) is 17.8 Å². The van der Waals surface area contributed by atoms with Crippen LogP contribution < -0.4 is 5.32 Å². The van der Waals surface area contributed by atoms with Crippen molar-refractivity contribution < 1.29 is 28.2 Å². The standard InChI is InChI=1S/C26H30FNO5/c1-14-13-19-23(24(29)20(14)25(30)32-3)22(16-9-11-17(27)12-10-16)21(15(2)28-19)26(31)33-18-7-5-4-6-8-18/h9-12,14,18,20,22,28H,4-8,13H2,1-3H3/t14-,20+,22-/m0/s1. The number of esters is 2. The van der Waals surface area contributed by atoms with E-state index in [9.17, 15) is 18.8 Å². The van der Waals surface area contributed by atoms with Gasteiger partial charge in [0.25, 0.3) is 0 Å². The highest BCUT2D eigenvalue weighted by Gasteiger charge is 2.47. The molecule has 1 saturated carbocycles. The third-order valence-electron chi connectivity index (χ3n) is 6.99. The molecule has 4 rings (SSSR count). The van der Waals surface area contributed by atoms with Gasteiger partial charge in [-0.3, -0.25) is 9.59 Å². The minimum Gasteiger partial charge on any atom is -0.468 e. The Hall–Kier alpha value is -2.96. The zero-order valence-corrected chi connectivity index (χ0v) is 19.3. The molecule has 6 nitrogen and oxygen atoms in total. The third kappa shape index (κ3) is 4.45. The quantitative estimate of drug-likeness (QED) is 0.538. The first-order chi connectivity index (χ1) is 15.8. The zero-order chi connectivity index (χ0) is 23.7. The van der Waals surface area contributed by atoms with Crippen LogP contribution in [0.15, 0.2) is 46.8 Å². The smallest absolute Gasteiger partial charge is 0.337 e. The van der Waals surface area contributed by atoms with E-state index < -0.39 is 29.6 Å². The van der Waals surface area contributed by atoms with E-state index in [2.05, 4.69) is 5.32 Å². The number of hydrogen-bond acceptors (Lipinski definition) is 6. The summed E-state index contributed by atoms with van der Waals surface area (Å²) in [5.41, 5.74) is 2.59. The molecule has 1 heterocycles. The number of ketones is 1. The fraction of sp³-hybridized carbons (Fsp3) is 0.500. The normalized spacial score (nSPS) is 25.9. The van der Waals surface area contributed by atoms with Crippen molar-refractivity contribution in [2.24, 2.45) is 11.8 Å². The first-order valence-corrected chi connectivity index (χ1v) is 11.6. The van der Waals surface area contributed by atoms with Crippen molar-refractivity contribution in [3.63, 3.8) is 0 Å². The van der Waals surface area contributed by atoms with Gasteiger partial charge in [0.05, 0.1) is 12.7 Å². The molecular formula is C26H30FNO5. The first kappa shape index (κ1) is 23.2. The number of Topliss-reactive ketones (excluding diaryl/α,β-unsaturated/α-hetero) is 1. The Kier molecular flexibility index (Phi) is 6.68. The van der Waals surface area contributed by atoms with Crippen molar-refractivity contribution in [3.8, 4) is 0 Å². The van der Waals surface area contributed by atoms with Gasteiger partial charge in [-0.15, -0.1) is 0 Å². The van der Waals surface area contributed by atoms with E-state index in [1.807, 2.05) is 6.92 Å². The van der Waals surface area contributed by atoms with E-state index >= 15 is 0 Å². The monoisotopic (exact) mass is 455 g/mol. The van der Waals surface area contributed by atoms with Gasteiger partial charge >= 0.3 is 11.9 Å². The molecule has 1 fully saturated rings. The maximum Gasteiger partial charge on any atom is 0.337 e. The van der Waals surface area contributed by atoms with Gasteiger partial charge in [-0.05, 0) is 62.6 Å². The molecule has 0 spiro atoms. The number of nitrogens with one attached hydrogen (secondary N) is 1. The number of methoxy groups -OCH3 is 1. The van der Waals surface area contributed by atoms with Gasteiger partial charge in [0.15, 0.2) is 5.78 Å². The molecule has 0 radical (unpaired) electrons. The Morgan fingerprint density at radius 2 is 1.76 bits per heavy atom. The molecule has 33 heavy (non-hydrogen) atoms. The molecule has 0 aromatic heterocycles. The minimum atomic E-state index is -0.951. The van der Waals surface area contributed by atoms with Crippen LogP contribution in [0.4, 0.5) is 4.39 Å². The summed E-state index contributed by atoms with van der Waals surface area (Å²) in [5, 5.41) is 3.25. The predicted octanol–water partition coefficient (Wildman–Crippen LogP) is 4.31. The van der Waals surface area contributed by atoms with E-state index in [0.717, 1.165) is 32.1 Å². The Balaban J connectivity index is 1.77. The molecule has 1 aromatic carbocycles. The molecule has 0 amide bonds. The van der Waals surface area contributed by atoms with Crippen molar-refractivity contribution in [2.45, 2.75) is 64.4 Å². The molecule has 0 saturated heterocycles. The number of allylic oxidation sites excluding steroid dienone is 3. The lowest BCUT2D eigenvalue weighted by molar-refractivity contribution is -0.151. The number of carbonyl (C=O) groups is 3. The topological polar surface area (TPSA) is 81.7 Å². The van der Waals surface area contributed by atoms with Crippen LogP contribution >= 0.6 is 0 Å². The van der Waals surface area contributed by atoms with Gasteiger partial charge in [0.2, 0.25) is 0 Å². The van der Waals surface area contributed by atoms with Crippen LogP contribution in [0.25, 0.3) is 0 Å². The molecule has 0 unspecified atom stereocenters. The molecular weight excluding hydrogens is 425 g/mol. The summed E-state index contributed by atoms with van der Waals surface area (Å²) in [6.45, 7) is 3.63. The molecule has 1 aromatic rings. The summed E-state index contributed by atoms with van der Waals surface area (Å²) in [6, 6.07) is 5.78. The van der Waals surface area contributed by atoms with Gasteiger partial charge in [-0.2, -0.15) is 0 Å². The molecule has 3 atom stereocenters. The third-order valence-corrected chi connectivity index (χ3v) is 6.99. The lowest BCUT2D eigenvalue weighted by Gasteiger charge is -2.38. The molecule has 1 N–H and O–H groups in total. The Morgan fingerprint density at radius 3 is 2.39 bits per heavy atom. The molecule has 1 aliphatic heterocycles. The highest BCUT2D eigenvalue weighted by molar-refractivity contribution is 6.12. The minimum absolute atomic E-state index is 0.152. The molecule has 176 valence electrons. The number of rotatable bonds is 4. The van der Waals surface area contributed by atoms with Crippen molar-refractivity contribution in [1.29, 1.82) is 0 Å². The fourth-order valence-electron chi connectivity index (χ4n) is 5.34. The van der Waals surface area contributed by atoms with Crippen LogP contribution in [0.1, 0.15) is 63.9 Å². The van der Waals surface area contributed by atoms with Gasteiger partial charge < -0.3 is 14.8 Å². The maximum atomic E-state index is 13.7. The van der Waals surface area contributed by atoms with Gasteiger partial charge in [0.1, 0.15) is 17.8 Å². The summed E-state index contributed by atoms with van der Waals surface area (Å²) in [4.78, 5) is 39.5. The van der Waals surface area contributed by atoms with Crippen LogP contribution in [0, 0.1) is 17.7 Å². The molecule has 2 aliphatic carbocycles. The Bertz CT molecular complexity index is 1020. The van der Waals surface area contributed by atoms with Crippen molar-refractivity contribution in [2.75, 3.05) is 7.11 Å². The van der Waals surface area contributed by atoms with E-state index in [0.29, 0.717) is 34.5 Å². The number of carbonyl (C=O) groups excluding carboxylic acids is 3. The lowest BCUT2D eigenvalue weighted by Crippen LogP contribution is -2.43. The van der Waals surface area contributed by atoms with Gasteiger partial charge in [-0.25, -0.2) is 9.18 Å². The molecule has 7 heteroatoms. The Labute approximate surface area is 193 Å². The summed E-state index contributed by atoms with van der Waals surface area (Å²) in [7, 11) is 1.26. The predicted molar refractivity (Wildman–Crippen MR) is 119 cm³/mol. The van der Waals surface area contributed by atoms with Crippen molar-refractivity contribution >= 4 is 17.7 Å². The van der Waals surface area contributed by atoms with Crippen molar-refractivity contribution in [3.05, 3.63) is 58.2 Å². The van der Waals surface area contributed by atoms with Crippen LogP contribution in [-0.4, -0.2) is 30.9 Å². The van der Waals surface area contributed by atoms with E-state index in [4.69, 9.17) is 9.47 Å². The highest BCUT2D eigenvalue weighted by Crippen LogP contribution is 2.45. The van der Waals surface area contributed by atoms with Gasteiger partial charge in [0, 0.05) is 22.9 Å². The largest absolute Gasteiger partial charge is 0.468 e. The number of ether oxygens (including phenoxy) is 2. The van der Waals surface area contributed by atoms with E-state index in [1.165, 1.54) is 19.2 Å². The summed E-state index contributed by atoms with van der Waals surface area (Å²) >= 11 is 0. The second-order valence-electron chi connectivity index (χ2n) is 9.25. The number of halogens is 1. The SMILES string of the molecule is COC(=O)[C@H]1C(=O)C2=C(C[C@@H]1C)NC(C)=C(C(=O)OC1CCCCC1)[C@@H]2c1ccc(F)cc1. The van der Waals surface area contributed by atoms with Crippen LogP contribution in [0.5, 0.6) is 0 Å². The first-order valence-electron chi connectivity index (χ1n) is 11.6. The lowest BCUT2D eigenvalue weighted by atomic mass is 9.69. The van der Waals surface area contributed by atoms with Crippen molar-refractivity contribution in [1.82, 2.24) is 5.32 Å². The average molecular weight is 456 g/mol. The van der Waals surface area contributed by atoms with E-state index in [1.54, 1.807) is 19.1 Å². The molecule has 3 aliphatic rings. The van der Waals surface area contributed by atoms with Crippen LogP contribution in [0.3, 0.4) is 0 Å². The summed E-state index contributed by atoms with van der Waals surface area (Å²) in [6.07, 6.45) is 5.11. The maximum absolute atomic E-state index is 13.7.